The van der Waals surface area contributed by atoms with Gasteiger partial charge in [0.05, 0.1) is 5.69 Å². The van der Waals surface area contributed by atoms with Crippen LogP contribution in [0, 0.1) is 5.82 Å². The van der Waals surface area contributed by atoms with Crippen LogP contribution in [0.2, 0.25) is 0 Å². The molecule has 7 nitrogen and oxygen atoms in total. The number of urea groups is 2. The Morgan fingerprint density at radius 1 is 1.32 bits per heavy atom. The first-order valence-corrected chi connectivity index (χ1v) is 9.30. The van der Waals surface area contributed by atoms with Crippen molar-refractivity contribution in [2.24, 2.45) is 0 Å². The number of allylic oxidation sites excluding steroid dienone is 4. The molecule has 3 rings (SSSR count). The molecule has 0 radical (unpaired) electrons. The molecule has 1 saturated heterocycles. The Hall–Kier alpha value is -2.94. The summed E-state index contributed by atoms with van der Waals surface area (Å²) in [5, 5.41) is 5.56. The number of imide groups is 1. The maximum atomic E-state index is 13.9. The van der Waals surface area contributed by atoms with Crippen molar-refractivity contribution in [3.05, 3.63) is 64.9 Å². The molecule has 0 saturated carbocycles. The van der Waals surface area contributed by atoms with E-state index in [9.17, 15) is 18.8 Å². The Bertz CT molecular complexity index is 914. The molecular formula is C19H18BrFN4O3. The van der Waals surface area contributed by atoms with Gasteiger partial charge in [-0.1, -0.05) is 52.4 Å². The molecule has 146 valence electrons. The van der Waals surface area contributed by atoms with Gasteiger partial charge in [0.15, 0.2) is 0 Å². The molecule has 0 bridgehead atoms. The summed E-state index contributed by atoms with van der Waals surface area (Å²) in [4.78, 5) is 37.5. The molecule has 1 unspecified atom stereocenters. The number of hydrogen-bond acceptors (Lipinski definition) is 3. The summed E-state index contributed by atoms with van der Waals surface area (Å²) in [6.45, 7) is 3.91. The molecule has 1 aromatic rings. The highest BCUT2D eigenvalue weighted by Gasteiger charge is 2.51. The number of amides is 5. The van der Waals surface area contributed by atoms with Crippen molar-refractivity contribution < 1.29 is 18.8 Å². The van der Waals surface area contributed by atoms with Crippen LogP contribution in [0.15, 0.2) is 59.1 Å². The fourth-order valence-electron chi connectivity index (χ4n) is 3.08. The van der Waals surface area contributed by atoms with Crippen molar-refractivity contribution in [1.29, 1.82) is 0 Å². The molecule has 1 aromatic carbocycles. The number of hydrazine groups is 1. The van der Waals surface area contributed by atoms with E-state index in [1.165, 1.54) is 12.1 Å². The third kappa shape index (κ3) is 4.14. The van der Waals surface area contributed by atoms with E-state index < -0.39 is 29.3 Å². The number of carbonyl (C=O) groups is 3. The molecule has 1 fully saturated rings. The first kappa shape index (κ1) is 19.8. The Labute approximate surface area is 169 Å². The van der Waals surface area contributed by atoms with E-state index in [0.29, 0.717) is 27.9 Å². The van der Waals surface area contributed by atoms with Gasteiger partial charge in [0.2, 0.25) is 0 Å². The molecule has 1 atom stereocenters. The average molecular weight is 449 g/mol. The molecular weight excluding hydrogens is 431 g/mol. The quantitative estimate of drug-likeness (QED) is 0.601. The first-order chi connectivity index (χ1) is 13.3. The monoisotopic (exact) mass is 448 g/mol. The third-order valence-electron chi connectivity index (χ3n) is 4.40. The van der Waals surface area contributed by atoms with Gasteiger partial charge in [0, 0.05) is 10.9 Å². The summed E-state index contributed by atoms with van der Waals surface area (Å²) < 4.78 is 14.4. The van der Waals surface area contributed by atoms with Crippen LogP contribution in [0.1, 0.15) is 19.3 Å². The Morgan fingerprint density at radius 2 is 2.11 bits per heavy atom. The van der Waals surface area contributed by atoms with Crippen molar-refractivity contribution >= 4 is 39.6 Å². The second kappa shape index (κ2) is 7.97. The minimum atomic E-state index is -1.19. The normalized spacial score (nSPS) is 24.2. The molecule has 5 amide bonds. The van der Waals surface area contributed by atoms with Gasteiger partial charge in [-0.25, -0.2) is 19.4 Å². The Kier molecular flexibility index (Phi) is 5.64. The number of anilines is 1. The zero-order valence-electron chi connectivity index (χ0n) is 14.8. The van der Waals surface area contributed by atoms with Gasteiger partial charge < -0.3 is 10.6 Å². The van der Waals surface area contributed by atoms with Gasteiger partial charge in [-0.3, -0.25) is 4.79 Å². The van der Waals surface area contributed by atoms with Gasteiger partial charge in [-0.05, 0) is 31.0 Å². The number of nitrogens with one attached hydrogen (secondary N) is 3. The molecule has 0 aromatic heterocycles. The van der Waals surface area contributed by atoms with Gasteiger partial charge in [0.25, 0.3) is 5.91 Å². The highest BCUT2D eigenvalue weighted by atomic mass is 79.9. The molecule has 1 spiro atoms. The lowest BCUT2D eigenvalue weighted by atomic mass is 9.87. The van der Waals surface area contributed by atoms with Crippen LogP contribution in [0.5, 0.6) is 0 Å². The zero-order chi connectivity index (χ0) is 20.3. The van der Waals surface area contributed by atoms with E-state index >= 15 is 0 Å². The summed E-state index contributed by atoms with van der Waals surface area (Å²) in [5.74, 6) is -1.25. The topological polar surface area (TPSA) is 90.5 Å². The predicted octanol–water partition coefficient (Wildman–Crippen LogP) is 3.77. The number of carbonyl (C=O) groups excluding carboxylic acids is 3. The summed E-state index contributed by atoms with van der Waals surface area (Å²) in [6, 6.07) is 2.42. The van der Waals surface area contributed by atoms with Crippen molar-refractivity contribution in [2.75, 3.05) is 5.32 Å². The molecule has 1 aliphatic heterocycles. The van der Waals surface area contributed by atoms with E-state index in [1.54, 1.807) is 12.1 Å². The standard InChI is InChI=1S/C19H18BrFN4O3/c1-12-6-4-2-3-5-9-19(11-12)16(26)25(18(28)23-19)24-17(27)22-15-8-7-13(20)10-14(15)21/h2-4,6-8,10H,1,5,9,11H2,(H,23,28)(H2,22,24,27)/b3-2-,6-4-. The molecule has 28 heavy (non-hydrogen) atoms. The summed E-state index contributed by atoms with van der Waals surface area (Å²) in [7, 11) is 0. The third-order valence-corrected chi connectivity index (χ3v) is 4.89. The summed E-state index contributed by atoms with van der Waals surface area (Å²) in [6.07, 6.45) is 8.46. The van der Waals surface area contributed by atoms with Crippen molar-refractivity contribution in [2.45, 2.75) is 24.8 Å². The SMILES string of the molecule is C=C1/C=C\C=C/CCC2(C1)NC(=O)N(NC(=O)Nc1ccc(Br)cc1F)C2=O. The van der Waals surface area contributed by atoms with Crippen LogP contribution in [-0.4, -0.2) is 28.5 Å². The number of rotatable bonds is 2. The van der Waals surface area contributed by atoms with Gasteiger partial charge >= 0.3 is 12.1 Å². The second-order valence-corrected chi connectivity index (χ2v) is 7.42. The van der Waals surface area contributed by atoms with E-state index in [-0.39, 0.29) is 12.1 Å². The fourth-order valence-corrected chi connectivity index (χ4v) is 3.42. The number of hydrogen-bond donors (Lipinski definition) is 3. The van der Waals surface area contributed by atoms with Crippen molar-refractivity contribution in [3.63, 3.8) is 0 Å². The average Bonchev–Trinajstić information content (AvgIpc) is 2.89. The summed E-state index contributed by atoms with van der Waals surface area (Å²) in [5.41, 5.74) is 1.57. The molecule has 1 aliphatic carbocycles. The maximum Gasteiger partial charge on any atom is 0.344 e. The number of nitrogens with zero attached hydrogens (tertiary/aromatic N) is 1. The largest absolute Gasteiger partial charge is 0.344 e. The van der Waals surface area contributed by atoms with E-state index in [0.717, 1.165) is 0 Å². The molecule has 1 heterocycles. The van der Waals surface area contributed by atoms with E-state index in [4.69, 9.17) is 0 Å². The van der Waals surface area contributed by atoms with Crippen LogP contribution in [0.4, 0.5) is 19.7 Å². The van der Waals surface area contributed by atoms with Crippen LogP contribution in [0.25, 0.3) is 0 Å². The lowest BCUT2D eigenvalue weighted by Crippen LogP contribution is -2.51. The highest BCUT2D eigenvalue weighted by molar-refractivity contribution is 9.10. The van der Waals surface area contributed by atoms with Crippen LogP contribution >= 0.6 is 15.9 Å². The Morgan fingerprint density at radius 3 is 2.86 bits per heavy atom. The Balaban J connectivity index is 1.74. The van der Waals surface area contributed by atoms with E-state index in [1.807, 2.05) is 18.2 Å². The molecule has 3 N–H and O–H groups in total. The number of halogens is 2. The van der Waals surface area contributed by atoms with E-state index in [2.05, 4.69) is 38.6 Å². The van der Waals surface area contributed by atoms with Crippen molar-refractivity contribution in [1.82, 2.24) is 15.8 Å². The first-order valence-electron chi connectivity index (χ1n) is 8.51. The van der Waals surface area contributed by atoms with Gasteiger partial charge in [-0.15, -0.1) is 0 Å². The minimum absolute atomic E-state index is 0.0893. The molecule has 2 aliphatic rings. The van der Waals surface area contributed by atoms with Crippen LogP contribution in [0.3, 0.4) is 0 Å². The summed E-state index contributed by atoms with van der Waals surface area (Å²) >= 11 is 3.12. The van der Waals surface area contributed by atoms with Crippen molar-refractivity contribution in [3.8, 4) is 0 Å². The van der Waals surface area contributed by atoms with Gasteiger partial charge in [0.1, 0.15) is 11.4 Å². The number of benzene rings is 1. The lowest BCUT2D eigenvalue weighted by molar-refractivity contribution is -0.133. The minimum Gasteiger partial charge on any atom is -0.321 e. The molecule has 9 heteroatoms. The van der Waals surface area contributed by atoms with Crippen LogP contribution < -0.4 is 16.1 Å². The lowest BCUT2D eigenvalue weighted by Gasteiger charge is -2.26. The highest BCUT2D eigenvalue weighted by Crippen LogP contribution is 2.30. The van der Waals surface area contributed by atoms with Gasteiger partial charge in [-0.2, -0.15) is 5.01 Å². The predicted molar refractivity (Wildman–Crippen MR) is 106 cm³/mol. The second-order valence-electron chi connectivity index (χ2n) is 6.50. The fraction of sp³-hybridized carbons (Fsp3) is 0.211. The zero-order valence-corrected chi connectivity index (χ0v) is 16.4. The smallest absolute Gasteiger partial charge is 0.321 e. The van der Waals surface area contributed by atoms with Crippen LogP contribution in [-0.2, 0) is 4.79 Å². The maximum absolute atomic E-state index is 13.9.